The zero-order valence-corrected chi connectivity index (χ0v) is 20.7. The van der Waals surface area contributed by atoms with Crippen LogP contribution in [0.2, 0.25) is 5.02 Å². The Labute approximate surface area is 206 Å². The van der Waals surface area contributed by atoms with Crippen molar-refractivity contribution in [2.45, 2.75) is 37.1 Å². The normalized spacial score (nSPS) is 13.6. The van der Waals surface area contributed by atoms with Gasteiger partial charge in [-0.2, -0.15) is 8.42 Å². The molecule has 0 unspecified atom stereocenters. The van der Waals surface area contributed by atoms with Crippen LogP contribution in [0.3, 0.4) is 0 Å². The van der Waals surface area contributed by atoms with Gasteiger partial charge in [0.1, 0.15) is 16.4 Å². The molecular weight excluding hydrogens is 494 g/mol. The minimum absolute atomic E-state index is 0.168. The minimum atomic E-state index is -4.27. The van der Waals surface area contributed by atoms with Crippen LogP contribution in [0.4, 0.5) is 5.82 Å². The van der Waals surface area contributed by atoms with Gasteiger partial charge in [0.2, 0.25) is 0 Å². The smallest absolute Gasteiger partial charge is 0.294 e. The van der Waals surface area contributed by atoms with Crippen LogP contribution in [0.1, 0.15) is 28.8 Å². The summed E-state index contributed by atoms with van der Waals surface area (Å²) in [5.41, 5.74) is 2.96. The van der Waals surface area contributed by atoms with E-state index in [4.69, 9.17) is 26.3 Å². The summed E-state index contributed by atoms with van der Waals surface area (Å²) in [6, 6.07) is 11.6. The topological polar surface area (TPSA) is 101 Å². The lowest BCUT2D eigenvalue weighted by molar-refractivity contribution is 0.415. The van der Waals surface area contributed by atoms with Crippen molar-refractivity contribution < 1.29 is 17.7 Å². The molecule has 0 atom stereocenters. The van der Waals surface area contributed by atoms with Crippen molar-refractivity contribution in [1.82, 2.24) is 9.97 Å². The van der Waals surface area contributed by atoms with Crippen molar-refractivity contribution in [2.75, 3.05) is 12.4 Å². The Hall–Kier alpha value is -2.72. The number of aromatic nitrogens is 2. The molecule has 0 aliphatic heterocycles. The number of benzene rings is 2. The Balaban J connectivity index is 1.56. The molecule has 1 aliphatic carbocycles. The fourth-order valence-corrected chi connectivity index (χ4v) is 6.22. The number of halogens is 1. The third-order valence-electron chi connectivity index (χ3n) is 5.90. The molecule has 34 heavy (non-hydrogen) atoms. The SMILES string of the molecule is COc1ccc(CNc2nc(-c3ccc(S(=O)(=O)O)cc3)nc3sc4c(c23)CCCC4)cc1Cl. The molecule has 0 radical (unpaired) electrons. The predicted octanol–water partition coefficient (Wildman–Crippen LogP) is 5.76. The Morgan fingerprint density at radius 3 is 2.59 bits per heavy atom. The fraction of sp³-hybridized carbons (Fsp3) is 0.250. The summed E-state index contributed by atoms with van der Waals surface area (Å²) in [7, 11) is -2.68. The zero-order chi connectivity index (χ0) is 23.9. The molecule has 10 heteroatoms. The maximum Gasteiger partial charge on any atom is 0.294 e. The van der Waals surface area contributed by atoms with Crippen molar-refractivity contribution in [3.8, 4) is 17.1 Å². The molecule has 0 amide bonds. The molecule has 0 bridgehead atoms. The van der Waals surface area contributed by atoms with Gasteiger partial charge in [0.25, 0.3) is 10.1 Å². The molecule has 0 saturated carbocycles. The number of hydrogen-bond acceptors (Lipinski definition) is 7. The summed E-state index contributed by atoms with van der Waals surface area (Å²) in [5.74, 6) is 1.85. The van der Waals surface area contributed by atoms with E-state index in [1.54, 1.807) is 30.6 Å². The minimum Gasteiger partial charge on any atom is -0.495 e. The van der Waals surface area contributed by atoms with E-state index in [1.807, 2.05) is 18.2 Å². The largest absolute Gasteiger partial charge is 0.495 e. The van der Waals surface area contributed by atoms with Gasteiger partial charge < -0.3 is 10.1 Å². The van der Waals surface area contributed by atoms with Crippen LogP contribution in [0.5, 0.6) is 5.75 Å². The van der Waals surface area contributed by atoms with Crippen molar-refractivity contribution in [1.29, 1.82) is 0 Å². The van der Waals surface area contributed by atoms with Crippen LogP contribution in [-0.2, 0) is 29.5 Å². The van der Waals surface area contributed by atoms with E-state index in [-0.39, 0.29) is 4.90 Å². The van der Waals surface area contributed by atoms with Gasteiger partial charge in [-0.3, -0.25) is 4.55 Å². The Morgan fingerprint density at radius 2 is 1.88 bits per heavy atom. The standard InChI is InChI=1S/C24H22ClN3O4S2/c1-32-19-11-6-14(12-18(19)25)13-26-23-21-17-4-2-3-5-20(17)33-24(21)28-22(27-23)15-7-9-16(10-8-15)34(29,30)31/h6-12H,2-5,13H2,1H3,(H,26,27,28)(H,29,30,31). The van der Waals surface area contributed by atoms with Crippen LogP contribution >= 0.6 is 22.9 Å². The molecule has 0 saturated heterocycles. The van der Waals surface area contributed by atoms with E-state index in [0.717, 1.165) is 40.9 Å². The summed E-state index contributed by atoms with van der Waals surface area (Å²) < 4.78 is 37.3. The summed E-state index contributed by atoms with van der Waals surface area (Å²) >= 11 is 7.99. The van der Waals surface area contributed by atoms with E-state index in [1.165, 1.54) is 29.0 Å². The quantitative estimate of drug-likeness (QED) is 0.315. The summed E-state index contributed by atoms with van der Waals surface area (Å²) in [4.78, 5) is 11.7. The highest BCUT2D eigenvalue weighted by Crippen LogP contribution is 2.40. The van der Waals surface area contributed by atoms with E-state index >= 15 is 0 Å². The highest BCUT2D eigenvalue weighted by atomic mass is 35.5. The van der Waals surface area contributed by atoms with Gasteiger partial charge in [0, 0.05) is 17.0 Å². The summed E-state index contributed by atoms with van der Waals surface area (Å²) in [6.07, 6.45) is 4.36. The summed E-state index contributed by atoms with van der Waals surface area (Å²) in [6.45, 7) is 0.515. The number of nitrogens with zero attached hydrogens (tertiary/aromatic N) is 2. The monoisotopic (exact) mass is 515 g/mol. The van der Waals surface area contributed by atoms with Crippen molar-refractivity contribution >= 4 is 49.1 Å². The van der Waals surface area contributed by atoms with Gasteiger partial charge in [-0.05, 0) is 73.2 Å². The highest BCUT2D eigenvalue weighted by molar-refractivity contribution is 7.85. The average Bonchev–Trinajstić information content (AvgIpc) is 3.21. The number of thiophene rings is 1. The maximum absolute atomic E-state index is 11.4. The number of hydrogen-bond donors (Lipinski definition) is 2. The van der Waals surface area contributed by atoms with Gasteiger partial charge in [0.15, 0.2) is 5.82 Å². The predicted molar refractivity (Wildman–Crippen MR) is 135 cm³/mol. The third-order valence-corrected chi connectivity index (χ3v) is 8.25. The lowest BCUT2D eigenvalue weighted by Gasteiger charge is -2.14. The Kier molecular flexibility index (Phi) is 6.20. The molecule has 1 aliphatic rings. The molecule has 176 valence electrons. The molecule has 0 fully saturated rings. The van der Waals surface area contributed by atoms with Crippen LogP contribution in [0, 0.1) is 0 Å². The molecular formula is C24H22ClN3O4S2. The molecule has 7 nitrogen and oxygen atoms in total. The third kappa shape index (κ3) is 4.48. The molecule has 5 rings (SSSR count). The molecule has 2 heterocycles. The van der Waals surface area contributed by atoms with Crippen molar-refractivity contribution in [3.05, 3.63) is 63.5 Å². The maximum atomic E-state index is 11.4. The lowest BCUT2D eigenvalue weighted by atomic mass is 9.97. The van der Waals surface area contributed by atoms with E-state index in [9.17, 15) is 13.0 Å². The summed E-state index contributed by atoms with van der Waals surface area (Å²) in [5, 5.41) is 5.07. The van der Waals surface area contributed by atoms with Gasteiger partial charge >= 0.3 is 0 Å². The highest BCUT2D eigenvalue weighted by Gasteiger charge is 2.22. The number of anilines is 1. The van der Waals surface area contributed by atoms with Gasteiger partial charge in [-0.25, -0.2) is 9.97 Å². The molecule has 0 spiro atoms. The van der Waals surface area contributed by atoms with Crippen molar-refractivity contribution in [3.63, 3.8) is 0 Å². The van der Waals surface area contributed by atoms with Crippen LogP contribution in [0.25, 0.3) is 21.6 Å². The molecule has 2 N–H and O–H groups in total. The molecule has 4 aromatic rings. The number of fused-ring (bicyclic) bond motifs is 3. The number of methoxy groups -OCH3 is 1. The first-order valence-electron chi connectivity index (χ1n) is 10.8. The number of rotatable bonds is 6. The van der Waals surface area contributed by atoms with E-state index in [0.29, 0.717) is 28.7 Å². The lowest BCUT2D eigenvalue weighted by Crippen LogP contribution is -2.06. The number of nitrogens with one attached hydrogen (secondary N) is 1. The molecule has 2 aromatic carbocycles. The Bertz CT molecular complexity index is 1480. The number of aryl methyl sites for hydroxylation is 2. The first-order valence-corrected chi connectivity index (χ1v) is 13.4. The van der Waals surface area contributed by atoms with Gasteiger partial charge in [-0.15, -0.1) is 11.3 Å². The average molecular weight is 516 g/mol. The van der Waals surface area contributed by atoms with Crippen molar-refractivity contribution in [2.24, 2.45) is 0 Å². The number of ether oxygens (including phenoxy) is 1. The first kappa shape index (κ1) is 23.0. The second-order valence-corrected chi connectivity index (χ2v) is 11.0. The zero-order valence-electron chi connectivity index (χ0n) is 18.3. The Morgan fingerprint density at radius 1 is 1.12 bits per heavy atom. The van der Waals surface area contributed by atoms with Crippen LogP contribution in [0.15, 0.2) is 47.4 Å². The second-order valence-electron chi connectivity index (χ2n) is 8.11. The van der Waals surface area contributed by atoms with Gasteiger partial charge in [-0.1, -0.05) is 17.7 Å². The van der Waals surface area contributed by atoms with Crippen LogP contribution < -0.4 is 10.1 Å². The van der Waals surface area contributed by atoms with E-state index < -0.39 is 10.1 Å². The van der Waals surface area contributed by atoms with E-state index in [2.05, 4.69) is 5.32 Å². The van der Waals surface area contributed by atoms with Crippen LogP contribution in [-0.4, -0.2) is 30.0 Å². The fourth-order valence-electron chi connectivity index (χ4n) is 4.20. The first-order chi connectivity index (χ1) is 16.3. The van der Waals surface area contributed by atoms with Gasteiger partial charge in [0.05, 0.1) is 22.4 Å². The molecule has 2 aromatic heterocycles. The second kappa shape index (κ2) is 9.14.